The molecule has 2 N–H and O–H groups in total. The van der Waals surface area contributed by atoms with Gasteiger partial charge in [-0.25, -0.2) is 4.99 Å². The number of aliphatic imine (C=N–C) groups is 1. The zero-order valence-electron chi connectivity index (χ0n) is 18.4. The van der Waals surface area contributed by atoms with Gasteiger partial charge in [-0.05, 0) is 38.3 Å². The second-order valence-corrected chi connectivity index (χ2v) is 7.75. The van der Waals surface area contributed by atoms with Crippen LogP contribution in [0.15, 0.2) is 35.3 Å². The summed E-state index contributed by atoms with van der Waals surface area (Å²) >= 11 is 0. The van der Waals surface area contributed by atoms with Crippen LogP contribution in [0.3, 0.4) is 0 Å². The number of carbonyl (C=O) groups is 1. The summed E-state index contributed by atoms with van der Waals surface area (Å²) < 4.78 is 0. The van der Waals surface area contributed by atoms with Crippen LogP contribution in [0.1, 0.15) is 51.1 Å². The van der Waals surface area contributed by atoms with Crippen molar-refractivity contribution in [2.45, 2.75) is 51.6 Å². The molecule has 1 amide bonds. The van der Waals surface area contributed by atoms with Gasteiger partial charge in [0.15, 0.2) is 5.96 Å². The molecule has 0 bridgehead atoms. The zero-order valence-corrected chi connectivity index (χ0v) is 20.7. The molecule has 6 nitrogen and oxygen atoms in total. The molecule has 164 valence electrons. The SMILES string of the molecule is CCC1CCCCN1CCNC(=NCC(=O)N(C)C)NC(C)c1ccccc1.I. The molecule has 29 heavy (non-hydrogen) atoms. The van der Waals surface area contributed by atoms with Crippen LogP contribution in [0, 0.1) is 0 Å². The van der Waals surface area contributed by atoms with E-state index in [0.29, 0.717) is 12.0 Å². The molecule has 0 saturated carbocycles. The fourth-order valence-electron chi connectivity index (χ4n) is 3.61. The minimum absolute atomic E-state index is 0. The molecule has 2 rings (SSSR count). The van der Waals surface area contributed by atoms with Crippen LogP contribution in [0.25, 0.3) is 0 Å². The Hall–Kier alpha value is -1.35. The van der Waals surface area contributed by atoms with Gasteiger partial charge in [-0.2, -0.15) is 0 Å². The average Bonchev–Trinajstić information content (AvgIpc) is 2.72. The smallest absolute Gasteiger partial charge is 0.243 e. The first kappa shape index (κ1) is 25.7. The van der Waals surface area contributed by atoms with E-state index in [9.17, 15) is 4.79 Å². The third kappa shape index (κ3) is 8.90. The number of hydrogen-bond donors (Lipinski definition) is 2. The van der Waals surface area contributed by atoms with Crippen LogP contribution in [0.4, 0.5) is 0 Å². The van der Waals surface area contributed by atoms with E-state index in [0.717, 1.165) is 13.1 Å². The largest absolute Gasteiger partial charge is 0.355 e. The topological polar surface area (TPSA) is 60.0 Å². The fraction of sp³-hybridized carbons (Fsp3) is 0.636. The van der Waals surface area contributed by atoms with E-state index in [1.807, 2.05) is 18.2 Å². The Morgan fingerprint density at radius 3 is 2.66 bits per heavy atom. The number of nitrogens with zero attached hydrogens (tertiary/aromatic N) is 3. The van der Waals surface area contributed by atoms with Crippen LogP contribution in [-0.2, 0) is 4.79 Å². The van der Waals surface area contributed by atoms with Crippen molar-refractivity contribution in [3.63, 3.8) is 0 Å². The standard InChI is InChI=1S/C22H37N5O.HI/c1-5-20-13-9-10-15-27(20)16-14-23-22(24-17-21(28)26(3)4)25-18(2)19-11-7-6-8-12-19;/h6-8,11-12,18,20H,5,9-10,13-17H2,1-4H3,(H2,23,24,25);1H. The number of likely N-dealkylation sites (N-methyl/N-ethyl adjacent to an activating group) is 1. The summed E-state index contributed by atoms with van der Waals surface area (Å²) in [5.74, 6) is 0.687. The van der Waals surface area contributed by atoms with Gasteiger partial charge in [-0.1, -0.05) is 43.7 Å². The highest BCUT2D eigenvalue weighted by atomic mass is 127. The molecule has 1 aromatic carbocycles. The number of likely N-dealkylation sites (tertiary alicyclic amines) is 1. The first-order chi connectivity index (χ1) is 13.5. The summed E-state index contributed by atoms with van der Waals surface area (Å²) in [4.78, 5) is 20.6. The molecule has 0 aromatic heterocycles. The van der Waals surface area contributed by atoms with E-state index in [2.05, 4.69) is 46.5 Å². The molecule has 2 atom stereocenters. The van der Waals surface area contributed by atoms with Crippen molar-refractivity contribution < 1.29 is 4.79 Å². The van der Waals surface area contributed by atoms with E-state index in [-0.39, 0.29) is 42.5 Å². The summed E-state index contributed by atoms with van der Waals surface area (Å²) in [5, 5.41) is 6.87. The predicted molar refractivity (Wildman–Crippen MR) is 132 cm³/mol. The molecule has 0 aliphatic carbocycles. The van der Waals surface area contributed by atoms with E-state index < -0.39 is 0 Å². The summed E-state index contributed by atoms with van der Waals surface area (Å²) in [6, 6.07) is 11.1. The first-order valence-electron chi connectivity index (χ1n) is 10.5. The van der Waals surface area contributed by atoms with Gasteiger partial charge >= 0.3 is 0 Å². The minimum Gasteiger partial charge on any atom is -0.355 e. The summed E-state index contributed by atoms with van der Waals surface area (Å²) in [6.45, 7) is 7.53. The molecule has 0 spiro atoms. The van der Waals surface area contributed by atoms with Gasteiger partial charge in [-0.15, -0.1) is 24.0 Å². The maximum absolute atomic E-state index is 12.0. The normalized spacial score (nSPS) is 18.5. The first-order valence-corrected chi connectivity index (χ1v) is 10.5. The Bertz CT molecular complexity index is 623. The van der Waals surface area contributed by atoms with Gasteiger partial charge in [0, 0.05) is 33.2 Å². The average molecular weight is 515 g/mol. The molecule has 2 unspecified atom stereocenters. The number of carbonyl (C=O) groups excluding carboxylic acids is 1. The quantitative estimate of drug-likeness (QED) is 0.317. The maximum atomic E-state index is 12.0. The number of guanidine groups is 1. The summed E-state index contributed by atoms with van der Waals surface area (Å²) in [7, 11) is 3.51. The highest BCUT2D eigenvalue weighted by Gasteiger charge is 2.20. The summed E-state index contributed by atoms with van der Waals surface area (Å²) in [5.41, 5.74) is 1.19. The number of piperidine rings is 1. The Balaban J connectivity index is 0.00000420. The van der Waals surface area contributed by atoms with Crippen LogP contribution in [-0.4, -0.2) is 68.0 Å². The van der Waals surface area contributed by atoms with Crippen molar-refractivity contribution in [3.05, 3.63) is 35.9 Å². The Morgan fingerprint density at radius 2 is 2.00 bits per heavy atom. The Kier molecular flexibility index (Phi) is 12.2. The fourth-order valence-corrected chi connectivity index (χ4v) is 3.61. The van der Waals surface area contributed by atoms with Gasteiger partial charge < -0.3 is 15.5 Å². The molecule has 0 radical (unpaired) electrons. The highest BCUT2D eigenvalue weighted by Crippen LogP contribution is 2.18. The number of benzene rings is 1. The number of halogens is 1. The lowest BCUT2D eigenvalue weighted by Gasteiger charge is -2.35. The third-order valence-electron chi connectivity index (χ3n) is 5.44. The van der Waals surface area contributed by atoms with Crippen molar-refractivity contribution in [2.24, 2.45) is 4.99 Å². The number of hydrogen-bond acceptors (Lipinski definition) is 3. The van der Waals surface area contributed by atoms with Crippen LogP contribution in [0.2, 0.25) is 0 Å². The van der Waals surface area contributed by atoms with Gasteiger partial charge in [0.1, 0.15) is 6.54 Å². The molecule has 7 heteroatoms. The number of amides is 1. The zero-order chi connectivity index (χ0) is 20.4. The van der Waals surface area contributed by atoms with Crippen LogP contribution >= 0.6 is 24.0 Å². The van der Waals surface area contributed by atoms with E-state index in [4.69, 9.17) is 0 Å². The van der Waals surface area contributed by atoms with Gasteiger partial charge in [-0.3, -0.25) is 9.69 Å². The Labute approximate surface area is 193 Å². The van der Waals surface area contributed by atoms with E-state index in [1.165, 1.54) is 37.8 Å². The minimum atomic E-state index is -0.00413. The lowest BCUT2D eigenvalue weighted by atomic mass is 10.0. The van der Waals surface area contributed by atoms with Crippen molar-refractivity contribution in [2.75, 3.05) is 40.3 Å². The molecule has 1 aliphatic rings. The van der Waals surface area contributed by atoms with Crippen molar-refractivity contribution >= 4 is 35.8 Å². The van der Waals surface area contributed by atoms with Crippen molar-refractivity contribution in [1.29, 1.82) is 0 Å². The summed E-state index contributed by atoms with van der Waals surface area (Å²) in [6.07, 6.45) is 5.15. The highest BCUT2D eigenvalue weighted by molar-refractivity contribution is 14.0. The van der Waals surface area contributed by atoms with Gasteiger partial charge in [0.25, 0.3) is 0 Å². The molecule has 1 aromatic rings. The Morgan fingerprint density at radius 1 is 1.28 bits per heavy atom. The second kappa shape index (κ2) is 13.8. The van der Waals surface area contributed by atoms with Gasteiger partial charge in [0.2, 0.25) is 5.91 Å². The molecule has 1 heterocycles. The van der Waals surface area contributed by atoms with Crippen molar-refractivity contribution in [1.82, 2.24) is 20.4 Å². The van der Waals surface area contributed by atoms with E-state index >= 15 is 0 Å². The lowest BCUT2D eigenvalue weighted by Crippen LogP contribution is -2.46. The van der Waals surface area contributed by atoms with Gasteiger partial charge in [0.05, 0.1) is 6.04 Å². The third-order valence-corrected chi connectivity index (χ3v) is 5.44. The van der Waals surface area contributed by atoms with Crippen LogP contribution < -0.4 is 10.6 Å². The predicted octanol–water partition coefficient (Wildman–Crippen LogP) is 3.25. The number of rotatable bonds is 8. The molecule has 1 saturated heterocycles. The second-order valence-electron chi connectivity index (χ2n) is 7.75. The lowest BCUT2D eigenvalue weighted by molar-refractivity contribution is -0.127. The monoisotopic (exact) mass is 515 g/mol. The molecular formula is C22H38IN5O. The van der Waals surface area contributed by atoms with Crippen LogP contribution in [0.5, 0.6) is 0 Å². The van der Waals surface area contributed by atoms with E-state index in [1.54, 1.807) is 19.0 Å². The molecule has 1 aliphatic heterocycles. The van der Waals surface area contributed by atoms with Crippen molar-refractivity contribution in [3.8, 4) is 0 Å². The maximum Gasteiger partial charge on any atom is 0.243 e. The molecule has 1 fully saturated rings. The number of nitrogens with one attached hydrogen (secondary N) is 2. The molecular weight excluding hydrogens is 477 g/mol.